The van der Waals surface area contributed by atoms with Crippen LogP contribution in [0, 0.1) is 5.92 Å². The van der Waals surface area contributed by atoms with Crippen molar-refractivity contribution in [2.75, 3.05) is 14.2 Å². The molecule has 2 aromatic carbocycles. The molecule has 0 aromatic heterocycles. The molecule has 1 unspecified atom stereocenters. The Morgan fingerprint density at radius 2 is 1.56 bits per heavy atom. The first-order chi connectivity index (χ1) is 12.2. The number of carbonyl (C=O) groups excluding carboxylic acids is 1. The van der Waals surface area contributed by atoms with E-state index in [1.807, 2.05) is 48.5 Å². The number of nitrogens with one attached hydrogen (secondary N) is 1. The third-order valence-electron chi connectivity index (χ3n) is 4.91. The molecule has 1 fully saturated rings. The highest BCUT2D eigenvalue weighted by Gasteiger charge is 2.27. The van der Waals surface area contributed by atoms with E-state index in [0.29, 0.717) is 0 Å². The Labute approximate surface area is 149 Å². The number of amides is 1. The van der Waals surface area contributed by atoms with Gasteiger partial charge in [0.15, 0.2) is 0 Å². The third-order valence-corrected chi connectivity index (χ3v) is 4.91. The number of ether oxygens (including phenoxy) is 2. The van der Waals surface area contributed by atoms with Crippen molar-refractivity contribution in [1.82, 2.24) is 5.32 Å². The fraction of sp³-hybridized carbons (Fsp3) is 0.381. The van der Waals surface area contributed by atoms with Crippen LogP contribution in [-0.2, 0) is 11.2 Å². The van der Waals surface area contributed by atoms with E-state index in [1.54, 1.807) is 14.2 Å². The van der Waals surface area contributed by atoms with Crippen LogP contribution in [0.3, 0.4) is 0 Å². The summed E-state index contributed by atoms with van der Waals surface area (Å²) < 4.78 is 10.5. The first kappa shape index (κ1) is 17.3. The topological polar surface area (TPSA) is 47.6 Å². The van der Waals surface area contributed by atoms with Gasteiger partial charge in [-0.1, -0.05) is 30.7 Å². The molecule has 0 heterocycles. The highest BCUT2D eigenvalue weighted by atomic mass is 16.5. The van der Waals surface area contributed by atoms with Crippen LogP contribution in [0.25, 0.3) is 0 Å². The quantitative estimate of drug-likeness (QED) is 0.832. The summed E-state index contributed by atoms with van der Waals surface area (Å²) in [7, 11) is 3.32. The maximum Gasteiger partial charge on any atom is 0.223 e. The molecular formula is C21H25NO3. The second-order valence-corrected chi connectivity index (χ2v) is 6.51. The smallest absolute Gasteiger partial charge is 0.223 e. The summed E-state index contributed by atoms with van der Waals surface area (Å²) in [4.78, 5) is 12.5. The van der Waals surface area contributed by atoms with Crippen LogP contribution >= 0.6 is 0 Å². The van der Waals surface area contributed by atoms with Gasteiger partial charge in [0.05, 0.1) is 20.3 Å². The van der Waals surface area contributed by atoms with Crippen LogP contribution in [0.15, 0.2) is 48.5 Å². The predicted octanol–water partition coefficient (Wildman–Crippen LogP) is 3.90. The monoisotopic (exact) mass is 339 g/mol. The number of carbonyl (C=O) groups is 1. The fourth-order valence-corrected chi connectivity index (χ4v) is 3.05. The first-order valence-corrected chi connectivity index (χ1v) is 8.77. The van der Waals surface area contributed by atoms with Crippen LogP contribution in [-0.4, -0.2) is 20.1 Å². The molecule has 1 aliphatic rings. The zero-order valence-corrected chi connectivity index (χ0v) is 14.8. The second kappa shape index (κ2) is 8.06. The molecule has 132 valence electrons. The zero-order valence-electron chi connectivity index (χ0n) is 14.8. The Bertz CT molecular complexity index is 690. The number of methoxy groups -OCH3 is 2. The molecule has 25 heavy (non-hydrogen) atoms. The van der Waals surface area contributed by atoms with Gasteiger partial charge in [-0.3, -0.25) is 4.79 Å². The number of rotatable bonds is 7. The average molecular weight is 339 g/mol. The summed E-state index contributed by atoms with van der Waals surface area (Å²) >= 11 is 0. The number of hydrogen-bond donors (Lipinski definition) is 1. The van der Waals surface area contributed by atoms with Crippen molar-refractivity contribution in [2.24, 2.45) is 5.92 Å². The van der Waals surface area contributed by atoms with E-state index in [1.165, 1.54) is 0 Å². The van der Waals surface area contributed by atoms with E-state index in [4.69, 9.17) is 9.47 Å². The Morgan fingerprint density at radius 1 is 1.00 bits per heavy atom. The fourth-order valence-electron chi connectivity index (χ4n) is 3.05. The molecule has 2 aromatic rings. The van der Waals surface area contributed by atoms with Crippen LogP contribution < -0.4 is 14.8 Å². The summed E-state index contributed by atoms with van der Waals surface area (Å²) in [5.41, 5.74) is 2.25. The minimum atomic E-state index is -0.0487. The molecule has 4 heteroatoms. The van der Waals surface area contributed by atoms with Crippen molar-refractivity contribution < 1.29 is 14.3 Å². The molecule has 1 aliphatic carbocycles. The first-order valence-electron chi connectivity index (χ1n) is 8.77. The van der Waals surface area contributed by atoms with Crippen LogP contribution in [0.4, 0.5) is 0 Å². The second-order valence-electron chi connectivity index (χ2n) is 6.51. The van der Waals surface area contributed by atoms with E-state index in [2.05, 4.69) is 5.32 Å². The van der Waals surface area contributed by atoms with Gasteiger partial charge in [0, 0.05) is 5.92 Å². The lowest BCUT2D eigenvalue weighted by molar-refractivity contribution is -0.128. The van der Waals surface area contributed by atoms with Crippen molar-refractivity contribution in [3.63, 3.8) is 0 Å². The van der Waals surface area contributed by atoms with Gasteiger partial charge in [-0.15, -0.1) is 0 Å². The van der Waals surface area contributed by atoms with E-state index < -0.39 is 0 Å². The predicted molar refractivity (Wildman–Crippen MR) is 97.9 cm³/mol. The van der Waals surface area contributed by atoms with Gasteiger partial charge >= 0.3 is 0 Å². The molecule has 0 spiro atoms. The van der Waals surface area contributed by atoms with Gasteiger partial charge in [0.1, 0.15) is 11.5 Å². The Morgan fingerprint density at radius 3 is 2.04 bits per heavy atom. The highest BCUT2D eigenvalue weighted by molar-refractivity contribution is 5.79. The molecule has 1 amide bonds. The Kier molecular flexibility index (Phi) is 5.59. The van der Waals surface area contributed by atoms with Crippen molar-refractivity contribution >= 4 is 5.91 Å². The van der Waals surface area contributed by atoms with Crippen molar-refractivity contribution in [3.05, 3.63) is 59.7 Å². The third kappa shape index (κ3) is 4.32. The Balaban J connectivity index is 1.77. The standard InChI is InChI=1S/C21H25NO3/c1-24-18-10-6-15(7-11-18)14-20(22-21(23)17-4-3-5-17)16-8-12-19(25-2)13-9-16/h6-13,17,20H,3-5,14H2,1-2H3,(H,22,23). The van der Waals surface area contributed by atoms with Gasteiger partial charge in [-0.05, 0) is 54.7 Å². The Hall–Kier alpha value is -2.49. The van der Waals surface area contributed by atoms with Crippen molar-refractivity contribution in [2.45, 2.75) is 31.7 Å². The molecule has 3 rings (SSSR count). The minimum Gasteiger partial charge on any atom is -0.497 e. The molecule has 4 nitrogen and oxygen atoms in total. The van der Waals surface area contributed by atoms with Crippen LogP contribution in [0.2, 0.25) is 0 Å². The summed E-state index contributed by atoms with van der Waals surface area (Å²) in [6.45, 7) is 0. The average Bonchev–Trinajstić information content (AvgIpc) is 2.60. The molecule has 1 atom stereocenters. The zero-order chi connectivity index (χ0) is 17.6. The molecule has 0 bridgehead atoms. The van der Waals surface area contributed by atoms with Gasteiger partial charge in [-0.2, -0.15) is 0 Å². The van der Waals surface area contributed by atoms with Crippen LogP contribution in [0.5, 0.6) is 11.5 Å². The maximum atomic E-state index is 12.5. The normalized spacial score (nSPS) is 15.1. The van der Waals surface area contributed by atoms with Gasteiger partial charge < -0.3 is 14.8 Å². The molecule has 1 saturated carbocycles. The molecule has 0 aliphatic heterocycles. The van der Waals surface area contributed by atoms with Crippen molar-refractivity contribution in [3.8, 4) is 11.5 Å². The molecule has 1 N–H and O–H groups in total. The van der Waals surface area contributed by atoms with Gasteiger partial charge in [0.25, 0.3) is 0 Å². The minimum absolute atomic E-state index is 0.0487. The molecule has 0 radical (unpaired) electrons. The lowest BCUT2D eigenvalue weighted by Gasteiger charge is -2.28. The van der Waals surface area contributed by atoms with Gasteiger partial charge in [-0.25, -0.2) is 0 Å². The van der Waals surface area contributed by atoms with Gasteiger partial charge in [0.2, 0.25) is 5.91 Å². The van der Waals surface area contributed by atoms with E-state index in [0.717, 1.165) is 48.3 Å². The largest absolute Gasteiger partial charge is 0.497 e. The lowest BCUT2D eigenvalue weighted by Crippen LogP contribution is -2.37. The summed E-state index contributed by atoms with van der Waals surface area (Å²) in [5.74, 6) is 2.00. The molecule has 0 saturated heterocycles. The van der Waals surface area contributed by atoms with E-state index >= 15 is 0 Å². The van der Waals surface area contributed by atoms with E-state index in [-0.39, 0.29) is 17.9 Å². The summed E-state index contributed by atoms with van der Waals surface area (Å²) in [6, 6.07) is 15.9. The maximum absolute atomic E-state index is 12.5. The number of hydrogen-bond acceptors (Lipinski definition) is 3. The molecular weight excluding hydrogens is 314 g/mol. The summed E-state index contributed by atoms with van der Waals surface area (Å²) in [6.07, 6.45) is 3.91. The van der Waals surface area contributed by atoms with Crippen LogP contribution in [0.1, 0.15) is 36.4 Å². The van der Waals surface area contributed by atoms with Crippen molar-refractivity contribution in [1.29, 1.82) is 0 Å². The lowest BCUT2D eigenvalue weighted by atomic mass is 9.84. The van der Waals surface area contributed by atoms with E-state index in [9.17, 15) is 4.79 Å². The highest BCUT2D eigenvalue weighted by Crippen LogP contribution is 2.28. The summed E-state index contributed by atoms with van der Waals surface area (Å²) in [5, 5.41) is 3.24. The SMILES string of the molecule is COc1ccc(CC(NC(=O)C2CCC2)c2ccc(OC)cc2)cc1. The number of benzene rings is 2.